The highest BCUT2D eigenvalue weighted by atomic mass is 32.1. The van der Waals surface area contributed by atoms with Gasteiger partial charge in [-0.25, -0.2) is 9.78 Å². The van der Waals surface area contributed by atoms with E-state index in [2.05, 4.69) is 30.7 Å². The summed E-state index contributed by atoms with van der Waals surface area (Å²) in [4.78, 5) is 17.1. The minimum Gasteiger partial charge on any atom is -0.476 e. The fourth-order valence-corrected chi connectivity index (χ4v) is 2.23. The van der Waals surface area contributed by atoms with Gasteiger partial charge < -0.3 is 5.11 Å². The third kappa shape index (κ3) is 4.44. The third-order valence-electron chi connectivity index (χ3n) is 2.83. The largest absolute Gasteiger partial charge is 0.476 e. The van der Waals surface area contributed by atoms with Crippen molar-refractivity contribution in [1.82, 2.24) is 9.88 Å². The average Bonchev–Trinajstić information content (AvgIpc) is 2.76. The van der Waals surface area contributed by atoms with E-state index in [0.29, 0.717) is 5.92 Å². The quantitative estimate of drug-likeness (QED) is 0.815. The molecular formula is C12H20N2O2S. The van der Waals surface area contributed by atoms with E-state index in [1.165, 1.54) is 11.3 Å². The maximum absolute atomic E-state index is 10.7. The number of carbonyl (C=O) groups is 1. The zero-order valence-corrected chi connectivity index (χ0v) is 11.5. The van der Waals surface area contributed by atoms with Crippen LogP contribution in [0.2, 0.25) is 0 Å². The van der Waals surface area contributed by atoms with Gasteiger partial charge in [-0.05, 0) is 12.5 Å². The highest BCUT2D eigenvalue weighted by Gasteiger charge is 2.12. The molecule has 96 valence electrons. The Hall–Kier alpha value is -0.940. The molecule has 0 spiro atoms. The average molecular weight is 256 g/mol. The standard InChI is InChI=1S/C12H20N2O2S/c1-4-9(3)6-14(5-2)7-10-8-17-11(13-10)12(15)16/h8-9H,4-7H2,1-3H3,(H,15,16). The maximum Gasteiger partial charge on any atom is 0.365 e. The van der Waals surface area contributed by atoms with Gasteiger partial charge in [0.1, 0.15) is 0 Å². The normalized spacial score (nSPS) is 12.9. The van der Waals surface area contributed by atoms with Crippen LogP contribution in [0.1, 0.15) is 42.7 Å². The van der Waals surface area contributed by atoms with Crippen molar-refractivity contribution in [2.45, 2.75) is 33.7 Å². The molecule has 1 aromatic rings. The van der Waals surface area contributed by atoms with Crippen molar-refractivity contribution in [3.05, 3.63) is 16.1 Å². The predicted octanol–water partition coefficient (Wildman–Crippen LogP) is 2.71. The zero-order valence-electron chi connectivity index (χ0n) is 10.6. The van der Waals surface area contributed by atoms with Gasteiger partial charge in [0.15, 0.2) is 0 Å². The van der Waals surface area contributed by atoms with E-state index in [9.17, 15) is 4.79 Å². The zero-order chi connectivity index (χ0) is 12.8. The first-order valence-electron chi connectivity index (χ1n) is 5.96. The molecule has 5 heteroatoms. The monoisotopic (exact) mass is 256 g/mol. The van der Waals surface area contributed by atoms with Crippen LogP contribution < -0.4 is 0 Å². The van der Waals surface area contributed by atoms with Gasteiger partial charge in [-0.15, -0.1) is 11.3 Å². The molecule has 1 N–H and O–H groups in total. The van der Waals surface area contributed by atoms with Crippen molar-refractivity contribution >= 4 is 17.3 Å². The van der Waals surface area contributed by atoms with Crippen molar-refractivity contribution in [3.63, 3.8) is 0 Å². The molecule has 0 bridgehead atoms. The Kier molecular flexibility index (Phi) is 5.58. The van der Waals surface area contributed by atoms with Gasteiger partial charge in [0.2, 0.25) is 5.01 Å². The number of thiazole rings is 1. The van der Waals surface area contributed by atoms with Gasteiger partial charge in [0.25, 0.3) is 0 Å². The van der Waals surface area contributed by atoms with E-state index >= 15 is 0 Å². The topological polar surface area (TPSA) is 53.4 Å². The first-order valence-corrected chi connectivity index (χ1v) is 6.84. The van der Waals surface area contributed by atoms with E-state index in [4.69, 9.17) is 5.11 Å². The number of aromatic nitrogens is 1. The van der Waals surface area contributed by atoms with Crippen LogP contribution in [0.5, 0.6) is 0 Å². The molecule has 4 nitrogen and oxygen atoms in total. The van der Waals surface area contributed by atoms with Crippen molar-refractivity contribution in [3.8, 4) is 0 Å². The molecule has 1 atom stereocenters. The number of carboxylic acids is 1. The third-order valence-corrected chi connectivity index (χ3v) is 3.71. The Morgan fingerprint density at radius 2 is 2.29 bits per heavy atom. The number of aromatic carboxylic acids is 1. The molecule has 0 saturated carbocycles. The number of hydrogen-bond acceptors (Lipinski definition) is 4. The van der Waals surface area contributed by atoms with Crippen LogP contribution in [0.4, 0.5) is 0 Å². The Balaban J connectivity index is 2.57. The Bertz CT molecular complexity index is 365. The van der Waals surface area contributed by atoms with Crippen molar-refractivity contribution in [1.29, 1.82) is 0 Å². The van der Waals surface area contributed by atoms with E-state index in [0.717, 1.165) is 31.7 Å². The number of hydrogen-bond donors (Lipinski definition) is 1. The molecule has 0 radical (unpaired) electrons. The van der Waals surface area contributed by atoms with Gasteiger partial charge in [0, 0.05) is 18.5 Å². The summed E-state index contributed by atoms with van der Waals surface area (Å²) >= 11 is 1.20. The molecule has 1 aromatic heterocycles. The minimum atomic E-state index is -0.939. The van der Waals surface area contributed by atoms with Crippen LogP contribution in [-0.4, -0.2) is 34.0 Å². The maximum atomic E-state index is 10.7. The summed E-state index contributed by atoms with van der Waals surface area (Å²) in [5.41, 5.74) is 0.859. The van der Waals surface area contributed by atoms with Crippen LogP contribution in [0.3, 0.4) is 0 Å². The number of rotatable bonds is 7. The summed E-state index contributed by atoms with van der Waals surface area (Å²) in [6.45, 7) is 9.27. The minimum absolute atomic E-state index is 0.180. The van der Waals surface area contributed by atoms with Crippen molar-refractivity contribution < 1.29 is 9.90 Å². The molecule has 0 aliphatic rings. The van der Waals surface area contributed by atoms with Crippen LogP contribution in [0.25, 0.3) is 0 Å². The highest BCUT2D eigenvalue weighted by Crippen LogP contribution is 2.13. The van der Waals surface area contributed by atoms with Crippen LogP contribution >= 0.6 is 11.3 Å². The fourth-order valence-electron chi connectivity index (χ4n) is 1.58. The first-order chi connectivity index (χ1) is 8.06. The predicted molar refractivity (Wildman–Crippen MR) is 69.5 cm³/mol. The summed E-state index contributed by atoms with van der Waals surface area (Å²) < 4.78 is 0. The lowest BCUT2D eigenvalue weighted by molar-refractivity contribution is 0.0696. The molecular weight excluding hydrogens is 236 g/mol. The SMILES string of the molecule is CCC(C)CN(CC)Cc1csc(C(=O)O)n1. The Morgan fingerprint density at radius 3 is 2.76 bits per heavy atom. The second-order valence-electron chi connectivity index (χ2n) is 4.29. The first kappa shape index (κ1) is 14.1. The molecule has 0 amide bonds. The summed E-state index contributed by atoms with van der Waals surface area (Å²) in [5, 5.41) is 10.8. The highest BCUT2D eigenvalue weighted by molar-refractivity contribution is 7.11. The fraction of sp³-hybridized carbons (Fsp3) is 0.667. The summed E-state index contributed by atoms with van der Waals surface area (Å²) in [6.07, 6.45) is 1.16. The molecule has 0 saturated heterocycles. The van der Waals surface area contributed by atoms with E-state index in [1.807, 2.05) is 5.38 Å². The molecule has 0 aliphatic carbocycles. The van der Waals surface area contributed by atoms with E-state index in [-0.39, 0.29) is 5.01 Å². The van der Waals surface area contributed by atoms with Gasteiger partial charge in [-0.3, -0.25) is 4.90 Å². The van der Waals surface area contributed by atoms with Crippen LogP contribution in [0, 0.1) is 5.92 Å². The Labute approximate surface area is 106 Å². The lowest BCUT2D eigenvalue weighted by atomic mass is 10.1. The second-order valence-corrected chi connectivity index (χ2v) is 5.15. The van der Waals surface area contributed by atoms with Gasteiger partial charge in [-0.2, -0.15) is 0 Å². The van der Waals surface area contributed by atoms with Crippen molar-refractivity contribution in [2.75, 3.05) is 13.1 Å². The molecule has 1 heterocycles. The summed E-state index contributed by atoms with van der Waals surface area (Å²) in [7, 11) is 0. The summed E-state index contributed by atoms with van der Waals surface area (Å²) in [6, 6.07) is 0. The lowest BCUT2D eigenvalue weighted by Crippen LogP contribution is -2.28. The van der Waals surface area contributed by atoms with Gasteiger partial charge >= 0.3 is 5.97 Å². The molecule has 17 heavy (non-hydrogen) atoms. The van der Waals surface area contributed by atoms with Gasteiger partial charge in [0.05, 0.1) is 5.69 Å². The molecule has 0 fully saturated rings. The lowest BCUT2D eigenvalue weighted by Gasteiger charge is -2.22. The van der Waals surface area contributed by atoms with Crippen LogP contribution in [0.15, 0.2) is 5.38 Å². The summed E-state index contributed by atoms with van der Waals surface area (Å²) in [5.74, 6) is -0.279. The molecule has 1 unspecified atom stereocenters. The van der Waals surface area contributed by atoms with E-state index in [1.54, 1.807) is 0 Å². The number of carboxylic acid groups (broad SMARTS) is 1. The van der Waals surface area contributed by atoms with Gasteiger partial charge in [-0.1, -0.05) is 27.2 Å². The molecule has 1 rings (SSSR count). The molecule has 0 aromatic carbocycles. The smallest absolute Gasteiger partial charge is 0.365 e. The van der Waals surface area contributed by atoms with Crippen molar-refractivity contribution in [2.24, 2.45) is 5.92 Å². The second kappa shape index (κ2) is 6.71. The molecule has 0 aliphatic heterocycles. The van der Waals surface area contributed by atoms with E-state index < -0.39 is 5.97 Å². The van der Waals surface area contributed by atoms with Crippen LogP contribution in [-0.2, 0) is 6.54 Å². The number of nitrogens with zero attached hydrogens (tertiary/aromatic N) is 2. The Morgan fingerprint density at radius 1 is 1.59 bits per heavy atom.